The normalized spacial score (nSPS) is 18.3. The molecule has 0 saturated carbocycles. The van der Waals surface area contributed by atoms with Crippen LogP contribution in [0, 0.1) is 0 Å². The average molecular weight is 251 g/mol. The molecular weight excluding hydrogens is 226 g/mol. The van der Waals surface area contributed by atoms with Gasteiger partial charge in [-0.3, -0.25) is 4.90 Å². The number of aromatic nitrogens is 2. The van der Waals surface area contributed by atoms with Gasteiger partial charge in [0.15, 0.2) is 0 Å². The second kappa shape index (κ2) is 5.28. The van der Waals surface area contributed by atoms with Gasteiger partial charge in [0.05, 0.1) is 0 Å². The van der Waals surface area contributed by atoms with Gasteiger partial charge in [-0.25, -0.2) is 4.98 Å². The predicted octanol–water partition coefficient (Wildman–Crippen LogP) is 0.762. The van der Waals surface area contributed by atoms with E-state index in [1.54, 1.807) is 0 Å². The average Bonchev–Trinajstić information content (AvgIpc) is 2.87. The molecule has 5 heteroatoms. The maximum absolute atomic E-state index is 5.84. The molecule has 2 rings (SSSR count). The SMILES string of the molecule is CCn1ccnc1N1CCN(C(C)(C)CN)CC1. The van der Waals surface area contributed by atoms with Crippen molar-refractivity contribution < 1.29 is 0 Å². The Balaban J connectivity index is 1.99. The number of anilines is 1. The fourth-order valence-electron chi connectivity index (χ4n) is 2.47. The molecule has 5 nitrogen and oxygen atoms in total. The van der Waals surface area contributed by atoms with Gasteiger partial charge < -0.3 is 15.2 Å². The van der Waals surface area contributed by atoms with Crippen LogP contribution in [0.5, 0.6) is 0 Å². The third-order valence-corrected chi connectivity index (χ3v) is 3.95. The van der Waals surface area contributed by atoms with Gasteiger partial charge in [0.2, 0.25) is 5.95 Å². The number of piperazine rings is 1. The van der Waals surface area contributed by atoms with Crippen LogP contribution < -0.4 is 10.6 Å². The summed E-state index contributed by atoms with van der Waals surface area (Å²) in [4.78, 5) is 9.31. The van der Waals surface area contributed by atoms with E-state index in [2.05, 4.69) is 40.1 Å². The van der Waals surface area contributed by atoms with E-state index in [-0.39, 0.29) is 5.54 Å². The quantitative estimate of drug-likeness (QED) is 0.858. The van der Waals surface area contributed by atoms with Crippen LogP contribution in [0.2, 0.25) is 0 Å². The van der Waals surface area contributed by atoms with E-state index < -0.39 is 0 Å². The first kappa shape index (κ1) is 13.4. The molecule has 2 heterocycles. The number of rotatable bonds is 4. The van der Waals surface area contributed by atoms with Crippen molar-refractivity contribution in [1.82, 2.24) is 14.5 Å². The highest BCUT2D eigenvalue weighted by Crippen LogP contribution is 2.19. The Labute approximate surface area is 110 Å². The van der Waals surface area contributed by atoms with Crippen LogP contribution in [0.3, 0.4) is 0 Å². The Morgan fingerprint density at radius 3 is 2.50 bits per heavy atom. The zero-order valence-corrected chi connectivity index (χ0v) is 11.8. The molecular formula is C13H25N5. The lowest BCUT2D eigenvalue weighted by molar-refractivity contribution is 0.118. The van der Waals surface area contributed by atoms with Crippen molar-refractivity contribution in [2.24, 2.45) is 5.73 Å². The molecule has 1 fully saturated rings. The molecule has 0 atom stereocenters. The molecule has 1 saturated heterocycles. The Morgan fingerprint density at radius 2 is 1.94 bits per heavy atom. The maximum atomic E-state index is 5.84. The molecule has 102 valence electrons. The molecule has 18 heavy (non-hydrogen) atoms. The fourth-order valence-corrected chi connectivity index (χ4v) is 2.47. The summed E-state index contributed by atoms with van der Waals surface area (Å²) in [5.41, 5.74) is 5.94. The van der Waals surface area contributed by atoms with Gasteiger partial charge in [-0.2, -0.15) is 0 Å². The highest BCUT2D eigenvalue weighted by molar-refractivity contribution is 5.32. The van der Waals surface area contributed by atoms with E-state index in [1.807, 2.05) is 12.4 Å². The van der Waals surface area contributed by atoms with E-state index in [0.29, 0.717) is 6.54 Å². The third kappa shape index (κ3) is 2.52. The van der Waals surface area contributed by atoms with E-state index in [4.69, 9.17) is 5.73 Å². The van der Waals surface area contributed by atoms with E-state index >= 15 is 0 Å². The highest BCUT2D eigenvalue weighted by Gasteiger charge is 2.29. The lowest BCUT2D eigenvalue weighted by Crippen LogP contribution is -2.57. The van der Waals surface area contributed by atoms with Gasteiger partial charge in [-0.05, 0) is 20.8 Å². The lowest BCUT2D eigenvalue weighted by atomic mass is 10.0. The summed E-state index contributed by atoms with van der Waals surface area (Å²) in [5.74, 6) is 1.10. The Bertz CT molecular complexity index is 376. The first-order chi connectivity index (χ1) is 8.58. The molecule has 0 aliphatic carbocycles. The zero-order valence-electron chi connectivity index (χ0n) is 11.8. The second-order valence-electron chi connectivity index (χ2n) is 5.50. The van der Waals surface area contributed by atoms with Crippen LogP contribution in [-0.2, 0) is 6.54 Å². The monoisotopic (exact) mass is 251 g/mol. The Hall–Kier alpha value is -1.07. The van der Waals surface area contributed by atoms with Crippen LogP contribution in [0.25, 0.3) is 0 Å². The summed E-state index contributed by atoms with van der Waals surface area (Å²) in [7, 11) is 0. The largest absolute Gasteiger partial charge is 0.340 e. The molecule has 0 unspecified atom stereocenters. The van der Waals surface area contributed by atoms with Gasteiger partial charge in [-0.1, -0.05) is 0 Å². The van der Waals surface area contributed by atoms with Crippen LogP contribution in [0.1, 0.15) is 20.8 Å². The smallest absolute Gasteiger partial charge is 0.205 e. The van der Waals surface area contributed by atoms with Crippen molar-refractivity contribution in [3.8, 4) is 0 Å². The van der Waals surface area contributed by atoms with Crippen molar-refractivity contribution in [1.29, 1.82) is 0 Å². The van der Waals surface area contributed by atoms with Crippen molar-refractivity contribution in [2.75, 3.05) is 37.6 Å². The van der Waals surface area contributed by atoms with E-state index in [9.17, 15) is 0 Å². The molecule has 1 aliphatic heterocycles. The van der Waals surface area contributed by atoms with E-state index in [1.165, 1.54) is 0 Å². The van der Waals surface area contributed by atoms with Crippen LogP contribution in [0.4, 0.5) is 5.95 Å². The number of hydrogen-bond acceptors (Lipinski definition) is 4. The molecule has 0 spiro atoms. The lowest BCUT2D eigenvalue weighted by Gasteiger charge is -2.43. The number of hydrogen-bond donors (Lipinski definition) is 1. The van der Waals surface area contributed by atoms with Crippen molar-refractivity contribution in [3.05, 3.63) is 12.4 Å². The molecule has 2 N–H and O–H groups in total. The highest BCUT2D eigenvalue weighted by atomic mass is 15.4. The Morgan fingerprint density at radius 1 is 1.28 bits per heavy atom. The van der Waals surface area contributed by atoms with Crippen molar-refractivity contribution in [2.45, 2.75) is 32.9 Å². The zero-order chi connectivity index (χ0) is 13.2. The van der Waals surface area contributed by atoms with E-state index in [0.717, 1.165) is 38.7 Å². The van der Waals surface area contributed by atoms with Gasteiger partial charge in [0.25, 0.3) is 0 Å². The summed E-state index contributed by atoms with van der Waals surface area (Å²) in [5, 5.41) is 0. The van der Waals surface area contributed by atoms with Gasteiger partial charge in [0, 0.05) is 57.2 Å². The maximum Gasteiger partial charge on any atom is 0.205 e. The third-order valence-electron chi connectivity index (χ3n) is 3.95. The predicted molar refractivity (Wildman–Crippen MR) is 74.8 cm³/mol. The minimum absolute atomic E-state index is 0.103. The molecule has 0 aromatic carbocycles. The summed E-state index contributed by atoms with van der Waals surface area (Å²) in [6.07, 6.45) is 3.93. The second-order valence-corrected chi connectivity index (χ2v) is 5.50. The van der Waals surface area contributed by atoms with Crippen molar-refractivity contribution >= 4 is 5.95 Å². The number of nitrogens with zero attached hydrogens (tertiary/aromatic N) is 4. The number of nitrogens with two attached hydrogens (primary N) is 1. The van der Waals surface area contributed by atoms with Crippen LogP contribution in [-0.4, -0.2) is 52.7 Å². The van der Waals surface area contributed by atoms with Gasteiger partial charge >= 0.3 is 0 Å². The van der Waals surface area contributed by atoms with Crippen LogP contribution >= 0.6 is 0 Å². The summed E-state index contributed by atoms with van der Waals surface area (Å²) < 4.78 is 2.20. The molecule has 0 radical (unpaired) electrons. The molecule has 1 aliphatic rings. The molecule has 0 amide bonds. The molecule has 0 bridgehead atoms. The summed E-state index contributed by atoms with van der Waals surface area (Å²) in [6, 6.07) is 0. The summed E-state index contributed by atoms with van der Waals surface area (Å²) >= 11 is 0. The first-order valence-electron chi connectivity index (χ1n) is 6.79. The first-order valence-corrected chi connectivity index (χ1v) is 6.79. The topological polar surface area (TPSA) is 50.3 Å². The van der Waals surface area contributed by atoms with Gasteiger partial charge in [-0.15, -0.1) is 0 Å². The van der Waals surface area contributed by atoms with Crippen LogP contribution in [0.15, 0.2) is 12.4 Å². The minimum atomic E-state index is 0.103. The Kier molecular flexibility index (Phi) is 3.92. The standard InChI is InChI=1S/C13H25N5/c1-4-16-6-5-15-12(16)17-7-9-18(10-8-17)13(2,3)11-14/h5-6H,4,7-11,14H2,1-3H3. The number of aryl methyl sites for hydroxylation is 1. The fraction of sp³-hybridized carbons (Fsp3) is 0.769. The van der Waals surface area contributed by atoms with Crippen molar-refractivity contribution in [3.63, 3.8) is 0 Å². The minimum Gasteiger partial charge on any atom is -0.340 e. The molecule has 1 aromatic heterocycles. The summed E-state index contributed by atoms with van der Waals surface area (Å²) in [6.45, 7) is 12.4. The molecule has 1 aromatic rings. The number of imidazole rings is 1. The van der Waals surface area contributed by atoms with Gasteiger partial charge in [0.1, 0.15) is 0 Å².